The first-order chi connectivity index (χ1) is 19.2. The molecule has 40 heavy (non-hydrogen) atoms. The van der Waals surface area contributed by atoms with E-state index in [1.807, 2.05) is 49.2 Å². The van der Waals surface area contributed by atoms with Crippen LogP contribution < -0.4 is 23.8 Å². The van der Waals surface area contributed by atoms with E-state index in [2.05, 4.69) is 6.58 Å². The predicted octanol–water partition coefficient (Wildman–Crippen LogP) is 3.80. The Morgan fingerprint density at radius 2 is 1.75 bits per heavy atom. The van der Waals surface area contributed by atoms with Crippen LogP contribution in [0.3, 0.4) is 0 Å². The van der Waals surface area contributed by atoms with Crippen molar-refractivity contribution in [2.24, 2.45) is 0 Å². The zero-order valence-electron chi connectivity index (χ0n) is 23.5. The Kier molecular flexibility index (Phi) is 7.26. The average molecular weight is 584 g/mol. The number of methoxy groups -OCH3 is 3. The smallest absolute Gasteiger partial charge is 0.254 e. The SMILES string of the molecule is C=CCN1C(=O)[C@@]2(SC1=S)C(c1cc(OC)c(OC)c(OC)c1)CN(C)[C@]21C(=O)N(C)c2ccc(OCC)cc21. The summed E-state index contributed by atoms with van der Waals surface area (Å²) in [5.41, 5.74) is 0.850. The Bertz CT molecular complexity index is 1390. The number of benzene rings is 2. The molecule has 3 aliphatic rings. The largest absolute Gasteiger partial charge is 0.494 e. The molecular formula is C29H33N3O6S2. The summed E-state index contributed by atoms with van der Waals surface area (Å²) in [4.78, 5) is 34.6. The second-order valence-corrected chi connectivity index (χ2v) is 11.8. The highest BCUT2D eigenvalue weighted by Crippen LogP contribution is 2.67. The third kappa shape index (κ3) is 3.53. The number of thiocarbonyl (C=S) groups is 1. The van der Waals surface area contributed by atoms with Crippen LogP contribution in [0.2, 0.25) is 0 Å². The van der Waals surface area contributed by atoms with Crippen molar-refractivity contribution in [3.8, 4) is 23.0 Å². The van der Waals surface area contributed by atoms with Gasteiger partial charge in [0, 0.05) is 37.3 Å². The van der Waals surface area contributed by atoms with Gasteiger partial charge in [0.05, 0.1) is 27.9 Å². The van der Waals surface area contributed by atoms with Crippen LogP contribution in [0.15, 0.2) is 43.0 Å². The second kappa shape index (κ2) is 10.3. The lowest BCUT2D eigenvalue weighted by atomic mass is 9.72. The molecule has 2 amide bonds. The summed E-state index contributed by atoms with van der Waals surface area (Å²) in [5.74, 6) is 1.09. The van der Waals surface area contributed by atoms with Gasteiger partial charge in [-0.15, -0.1) is 6.58 Å². The lowest BCUT2D eigenvalue weighted by Crippen LogP contribution is -2.62. The summed E-state index contributed by atoms with van der Waals surface area (Å²) in [6.45, 7) is 6.84. The molecule has 0 aliphatic carbocycles. The van der Waals surface area contributed by atoms with Crippen molar-refractivity contribution in [3.05, 3.63) is 54.1 Å². The van der Waals surface area contributed by atoms with E-state index < -0.39 is 16.2 Å². The summed E-state index contributed by atoms with van der Waals surface area (Å²) in [7, 11) is 8.28. The van der Waals surface area contributed by atoms with E-state index in [0.29, 0.717) is 46.0 Å². The van der Waals surface area contributed by atoms with Crippen LogP contribution in [-0.2, 0) is 15.1 Å². The molecule has 11 heteroatoms. The highest BCUT2D eigenvalue weighted by molar-refractivity contribution is 8.25. The second-order valence-electron chi connectivity index (χ2n) is 9.89. The number of thioether (sulfide) groups is 1. The van der Waals surface area contributed by atoms with E-state index in [1.165, 1.54) is 11.8 Å². The molecule has 2 aromatic carbocycles. The number of likely N-dealkylation sites (N-methyl/N-ethyl adjacent to an activating group) is 2. The van der Waals surface area contributed by atoms with E-state index in [0.717, 1.165) is 11.3 Å². The van der Waals surface area contributed by atoms with Crippen molar-refractivity contribution in [1.82, 2.24) is 9.80 Å². The zero-order chi connectivity index (χ0) is 29.0. The molecule has 212 valence electrons. The van der Waals surface area contributed by atoms with Gasteiger partial charge in [-0.2, -0.15) is 0 Å². The summed E-state index contributed by atoms with van der Waals surface area (Å²) in [6, 6.07) is 9.33. The number of carbonyl (C=O) groups is 2. The van der Waals surface area contributed by atoms with Gasteiger partial charge >= 0.3 is 0 Å². The van der Waals surface area contributed by atoms with Gasteiger partial charge in [0.15, 0.2) is 17.0 Å². The first-order valence-electron chi connectivity index (χ1n) is 12.9. The monoisotopic (exact) mass is 583 g/mol. The molecule has 1 unspecified atom stereocenters. The number of amides is 2. The van der Waals surface area contributed by atoms with Crippen LogP contribution in [-0.4, -0.2) is 85.8 Å². The molecule has 2 aromatic rings. The fourth-order valence-electron chi connectivity index (χ4n) is 6.52. The van der Waals surface area contributed by atoms with Gasteiger partial charge < -0.3 is 23.8 Å². The fourth-order valence-corrected chi connectivity index (χ4v) is 8.67. The lowest BCUT2D eigenvalue weighted by Gasteiger charge is -2.42. The van der Waals surface area contributed by atoms with Gasteiger partial charge in [-0.1, -0.05) is 30.1 Å². The number of anilines is 1. The van der Waals surface area contributed by atoms with E-state index in [9.17, 15) is 9.59 Å². The topological polar surface area (TPSA) is 80.8 Å². The maximum atomic E-state index is 14.8. The van der Waals surface area contributed by atoms with Crippen molar-refractivity contribution >= 4 is 45.8 Å². The Balaban J connectivity index is 1.84. The van der Waals surface area contributed by atoms with Crippen LogP contribution >= 0.6 is 24.0 Å². The molecule has 0 aromatic heterocycles. The standard InChI is InChI=1S/C29H33N3O6S2/c1-8-12-32-26(34)29(40-27(32)39)20(17-13-22(35-5)24(37-7)23(14-17)36-6)16-30(3)28(29)19-15-18(38-9-2)10-11-21(19)31(4)25(28)33/h8,10-11,13-15,20H,1,9,12,16H2,2-7H3/t20?,28-,29+/m1/s1. The molecule has 0 radical (unpaired) electrons. The minimum Gasteiger partial charge on any atom is -0.494 e. The molecule has 0 bridgehead atoms. The number of ether oxygens (including phenoxy) is 4. The van der Waals surface area contributed by atoms with Gasteiger partial charge in [0.2, 0.25) is 11.7 Å². The Labute approximate surface area is 244 Å². The Morgan fingerprint density at radius 1 is 1.07 bits per heavy atom. The summed E-state index contributed by atoms with van der Waals surface area (Å²) < 4.78 is 21.8. The van der Waals surface area contributed by atoms with Crippen LogP contribution in [0.1, 0.15) is 24.0 Å². The van der Waals surface area contributed by atoms with Crippen LogP contribution in [0.25, 0.3) is 0 Å². The van der Waals surface area contributed by atoms with Crippen LogP contribution in [0.4, 0.5) is 5.69 Å². The number of hydrogen-bond acceptors (Lipinski definition) is 9. The van der Waals surface area contributed by atoms with E-state index in [4.69, 9.17) is 31.2 Å². The summed E-state index contributed by atoms with van der Waals surface area (Å²) >= 11 is 7.08. The Morgan fingerprint density at radius 3 is 2.33 bits per heavy atom. The summed E-state index contributed by atoms with van der Waals surface area (Å²) in [5, 5.41) is 0. The fraction of sp³-hybridized carbons (Fsp3) is 0.414. The lowest BCUT2D eigenvalue weighted by molar-refractivity contribution is -0.138. The highest BCUT2D eigenvalue weighted by Gasteiger charge is 2.78. The van der Waals surface area contributed by atoms with E-state index in [-0.39, 0.29) is 18.4 Å². The van der Waals surface area contributed by atoms with Crippen molar-refractivity contribution in [1.29, 1.82) is 0 Å². The van der Waals surface area contributed by atoms with Crippen LogP contribution in [0, 0.1) is 0 Å². The van der Waals surface area contributed by atoms with Gasteiger partial charge in [-0.3, -0.25) is 19.4 Å². The quantitative estimate of drug-likeness (QED) is 0.341. The van der Waals surface area contributed by atoms with E-state index in [1.54, 1.807) is 44.3 Å². The van der Waals surface area contributed by atoms with Gasteiger partial charge in [0.1, 0.15) is 14.8 Å². The van der Waals surface area contributed by atoms with Crippen molar-refractivity contribution < 1.29 is 28.5 Å². The molecule has 3 atom stereocenters. The number of nitrogens with zero attached hydrogens (tertiary/aromatic N) is 3. The molecular weight excluding hydrogens is 550 g/mol. The van der Waals surface area contributed by atoms with Gasteiger partial charge in [0.25, 0.3) is 5.91 Å². The molecule has 2 spiro atoms. The molecule has 0 saturated carbocycles. The van der Waals surface area contributed by atoms with Gasteiger partial charge in [-0.05, 0) is 49.9 Å². The molecule has 2 saturated heterocycles. The van der Waals surface area contributed by atoms with Crippen LogP contribution in [0.5, 0.6) is 23.0 Å². The molecule has 2 fully saturated rings. The van der Waals surface area contributed by atoms with Crippen molar-refractivity contribution in [2.75, 3.05) is 60.0 Å². The number of rotatable bonds is 8. The first-order valence-corrected chi connectivity index (χ1v) is 14.1. The third-order valence-electron chi connectivity index (χ3n) is 8.13. The zero-order valence-corrected chi connectivity index (χ0v) is 25.1. The maximum absolute atomic E-state index is 14.8. The minimum absolute atomic E-state index is 0.197. The number of hydrogen-bond donors (Lipinski definition) is 0. The summed E-state index contributed by atoms with van der Waals surface area (Å²) in [6.07, 6.45) is 1.65. The predicted molar refractivity (Wildman–Crippen MR) is 159 cm³/mol. The van der Waals surface area contributed by atoms with Crippen molar-refractivity contribution in [2.45, 2.75) is 23.1 Å². The van der Waals surface area contributed by atoms with Gasteiger partial charge in [-0.25, -0.2) is 0 Å². The van der Waals surface area contributed by atoms with E-state index >= 15 is 0 Å². The molecule has 3 aliphatic heterocycles. The third-order valence-corrected chi connectivity index (χ3v) is 10.1. The molecule has 5 rings (SSSR count). The molecule has 9 nitrogen and oxygen atoms in total. The number of likely N-dealkylation sites (tertiary alicyclic amines) is 1. The van der Waals surface area contributed by atoms with Crippen molar-refractivity contribution in [3.63, 3.8) is 0 Å². The molecule has 0 N–H and O–H groups in total. The highest BCUT2D eigenvalue weighted by atomic mass is 32.2. The first kappa shape index (κ1) is 28.3. The number of carbonyl (C=O) groups excluding carboxylic acids is 2. The maximum Gasteiger partial charge on any atom is 0.254 e. The normalized spacial score (nSPS) is 25.8. The molecule has 3 heterocycles. The Hall–Kier alpha value is -3.28. The minimum atomic E-state index is -1.36. The number of fused-ring (bicyclic) bond motifs is 3. The average Bonchev–Trinajstić information content (AvgIpc) is 3.45.